The highest BCUT2D eigenvalue weighted by atomic mass is 16.5. The van der Waals surface area contributed by atoms with Crippen LogP contribution in [0.15, 0.2) is 34.8 Å². The van der Waals surface area contributed by atoms with Gasteiger partial charge >= 0.3 is 0 Å². The van der Waals surface area contributed by atoms with Gasteiger partial charge in [0, 0.05) is 38.0 Å². The van der Waals surface area contributed by atoms with Crippen LogP contribution in [0, 0.1) is 5.92 Å². The number of piperidine rings is 1. The quantitative estimate of drug-likeness (QED) is 0.801. The predicted molar refractivity (Wildman–Crippen MR) is 87.8 cm³/mol. The van der Waals surface area contributed by atoms with Gasteiger partial charge in [0.1, 0.15) is 5.69 Å². The lowest BCUT2D eigenvalue weighted by Crippen LogP contribution is -2.39. The first-order chi connectivity index (χ1) is 11.6. The molecule has 2 aromatic rings. The van der Waals surface area contributed by atoms with Crippen molar-refractivity contribution in [3.63, 3.8) is 0 Å². The first-order valence-corrected chi connectivity index (χ1v) is 8.14. The molecular formula is C17H21N5O2. The molecule has 7 nitrogen and oxygen atoms in total. The minimum Gasteiger partial charge on any atom is -0.339 e. The largest absolute Gasteiger partial charge is 0.339 e. The van der Waals surface area contributed by atoms with E-state index in [0.717, 1.165) is 31.5 Å². The number of carbonyl (C=O) groups is 1. The summed E-state index contributed by atoms with van der Waals surface area (Å²) in [4.78, 5) is 26.6. The van der Waals surface area contributed by atoms with Crippen molar-refractivity contribution >= 4 is 5.91 Å². The van der Waals surface area contributed by atoms with Crippen LogP contribution in [0.3, 0.4) is 0 Å². The van der Waals surface area contributed by atoms with Crippen LogP contribution in [0.2, 0.25) is 0 Å². The van der Waals surface area contributed by atoms with Crippen molar-refractivity contribution in [3.8, 4) is 11.5 Å². The SMILES string of the molecule is CC(C)=CC(=O)N1CCC[C@H](Cc2nc(-c3cnccn3)no2)C1. The molecular weight excluding hydrogens is 306 g/mol. The second-order valence-electron chi connectivity index (χ2n) is 6.32. The Morgan fingerprint density at radius 3 is 3.04 bits per heavy atom. The maximum Gasteiger partial charge on any atom is 0.246 e. The standard InChI is InChI=1S/C17H21N5O2/c1-12(2)8-16(23)22-7-3-4-13(11-22)9-15-20-17(21-24-15)14-10-18-5-6-19-14/h5-6,8,10,13H,3-4,7,9,11H2,1-2H3/t13-/m1/s1. The third-order valence-corrected chi connectivity index (χ3v) is 3.97. The minimum absolute atomic E-state index is 0.0884. The van der Waals surface area contributed by atoms with Crippen LogP contribution in [0.4, 0.5) is 0 Å². The van der Waals surface area contributed by atoms with Gasteiger partial charge in [-0.05, 0) is 32.6 Å². The second-order valence-corrected chi connectivity index (χ2v) is 6.32. The molecule has 7 heteroatoms. The Labute approximate surface area is 140 Å². The van der Waals surface area contributed by atoms with Crippen LogP contribution in [0.5, 0.6) is 0 Å². The highest BCUT2D eigenvalue weighted by Crippen LogP contribution is 2.22. The van der Waals surface area contributed by atoms with Crippen LogP contribution in [0.25, 0.3) is 11.5 Å². The number of rotatable bonds is 4. The summed E-state index contributed by atoms with van der Waals surface area (Å²) < 4.78 is 5.34. The summed E-state index contributed by atoms with van der Waals surface area (Å²) in [5.74, 6) is 1.46. The number of likely N-dealkylation sites (tertiary alicyclic amines) is 1. The third-order valence-electron chi connectivity index (χ3n) is 3.97. The highest BCUT2D eigenvalue weighted by Gasteiger charge is 2.24. The number of amides is 1. The predicted octanol–water partition coefficient (Wildman–Crippen LogP) is 2.27. The van der Waals surface area contributed by atoms with Crippen LogP contribution < -0.4 is 0 Å². The summed E-state index contributed by atoms with van der Waals surface area (Å²) in [6.45, 7) is 5.41. The Bertz CT molecular complexity index is 722. The van der Waals surface area contributed by atoms with Crippen LogP contribution in [-0.4, -0.2) is 44.0 Å². The molecule has 0 radical (unpaired) electrons. The molecule has 0 saturated carbocycles. The van der Waals surface area contributed by atoms with Gasteiger partial charge in [-0.15, -0.1) is 0 Å². The van der Waals surface area contributed by atoms with Gasteiger partial charge in [-0.2, -0.15) is 4.98 Å². The zero-order valence-electron chi connectivity index (χ0n) is 14.0. The third kappa shape index (κ3) is 4.04. The summed E-state index contributed by atoms with van der Waals surface area (Å²) in [6.07, 6.45) is 9.23. The van der Waals surface area contributed by atoms with Crippen molar-refractivity contribution < 1.29 is 9.32 Å². The first kappa shape index (κ1) is 16.3. The van der Waals surface area contributed by atoms with Gasteiger partial charge in [-0.1, -0.05) is 10.7 Å². The van der Waals surface area contributed by atoms with Crippen molar-refractivity contribution in [2.45, 2.75) is 33.1 Å². The van der Waals surface area contributed by atoms with Crippen LogP contribution >= 0.6 is 0 Å². The normalized spacial score (nSPS) is 17.6. The fourth-order valence-corrected chi connectivity index (χ4v) is 2.87. The van der Waals surface area contributed by atoms with E-state index >= 15 is 0 Å². The van der Waals surface area contributed by atoms with Crippen LogP contribution in [-0.2, 0) is 11.2 Å². The Balaban J connectivity index is 1.63. The van der Waals surface area contributed by atoms with Crippen molar-refractivity contribution in [2.75, 3.05) is 13.1 Å². The molecule has 1 amide bonds. The molecule has 126 valence electrons. The summed E-state index contributed by atoms with van der Waals surface area (Å²) >= 11 is 0. The molecule has 0 aromatic carbocycles. The average molecular weight is 327 g/mol. The molecule has 0 unspecified atom stereocenters. The van der Waals surface area contributed by atoms with E-state index in [2.05, 4.69) is 20.1 Å². The second kappa shape index (κ2) is 7.33. The Hall–Kier alpha value is -2.57. The smallest absolute Gasteiger partial charge is 0.246 e. The van der Waals surface area contributed by atoms with Gasteiger partial charge < -0.3 is 9.42 Å². The van der Waals surface area contributed by atoms with E-state index in [1.54, 1.807) is 24.7 Å². The summed E-state index contributed by atoms with van der Waals surface area (Å²) in [5.41, 5.74) is 1.61. The molecule has 0 aliphatic carbocycles. The van der Waals surface area contributed by atoms with E-state index in [-0.39, 0.29) is 5.91 Å². The topological polar surface area (TPSA) is 85.0 Å². The van der Waals surface area contributed by atoms with E-state index in [9.17, 15) is 4.79 Å². The van der Waals surface area contributed by atoms with Crippen LogP contribution in [0.1, 0.15) is 32.6 Å². The summed E-state index contributed by atoms with van der Waals surface area (Å²) in [7, 11) is 0. The van der Waals surface area contributed by atoms with E-state index < -0.39 is 0 Å². The molecule has 0 bridgehead atoms. The van der Waals surface area contributed by atoms with Gasteiger partial charge in [-0.3, -0.25) is 9.78 Å². The van der Waals surface area contributed by atoms with Crippen molar-refractivity contribution in [3.05, 3.63) is 36.1 Å². The monoisotopic (exact) mass is 327 g/mol. The lowest BCUT2D eigenvalue weighted by molar-refractivity contribution is -0.127. The fourth-order valence-electron chi connectivity index (χ4n) is 2.87. The van der Waals surface area contributed by atoms with E-state index in [1.165, 1.54) is 0 Å². The molecule has 0 N–H and O–H groups in total. The van der Waals surface area contributed by atoms with E-state index in [1.807, 2.05) is 18.7 Å². The fraction of sp³-hybridized carbons (Fsp3) is 0.471. The minimum atomic E-state index is 0.0884. The molecule has 1 aliphatic rings. The van der Waals surface area contributed by atoms with E-state index in [4.69, 9.17) is 4.52 Å². The Kier molecular flexibility index (Phi) is 4.98. The number of carbonyl (C=O) groups excluding carboxylic acids is 1. The maximum absolute atomic E-state index is 12.2. The van der Waals surface area contributed by atoms with Gasteiger partial charge in [0.05, 0.1) is 6.20 Å². The molecule has 1 saturated heterocycles. The van der Waals surface area contributed by atoms with Gasteiger partial charge in [-0.25, -0.2) is 4.98 Å². The molecule has 1 atom stereocenters. The molecule has 1 fully saturated rings. The Morgan fingerprint density at radius 2 is 2.29 bits per heavy atom. The Morgan fingerprint density at radius 1 is 1.42 bits per heavy atom. The zero-order valence-corrected chi connectivity index (χ0v) is 14.0. The number of allylic oxidation sites excluding steroid dienone is 1. The van der Waals surface area contributed by atoms with Crippen molar-refractivity contribution in [1.82, 2.24) is 25.0 Å². The number of hydrogen-bond acceptors (Lipinski definition) is 6. The molecule has 3 heterocycles. The molecule has 1 aliphatic heterocycles. The summed E-state index contributed by atoms with van der Waals surface area (Å²) in [5, 5.41) is 3.97. The number of aromatic nitrogens is 4. The molecule has 0 spiro atoms. The van der Waals surface area contributed by atoms with Gasteiger partial charge in [0.25, 0.3) is 0 Å². The lowest BCUT2D eigenvalue weighted by atomic mass is 9.94. The average Bonchev–Trinajstić information content (AvgIpc) is 3.04. The zero-order chi connectivity index (χ0) is 16.9. The molecule has 3 rings (SSSR count). The van der Waals surface area contributed by atoms with E-state index in [0.29, 0.717) is 29.7 Å². The first-order valence-electron chi connectivity index (χ1n) is 8.14. The van der Waals surface area contributed by atoms with Gasteiger partial charge in [0.2, 0.25) is 17.6 Å². The molecule has 24 heavy (non-hydrogen) atoms. The van der Waals surface area contributed by atoms with Gasteiger partial charge in [0.15, 0.2) is 0 Å². The lowest BCUT2D eigenvalue weighted by Gasteiger charge is -2.31. The number of nitrogens with zero attached hydrogens (tertiary/aromatic N) is 5. The summed E-state index contributed by atoms with van der Waals surface area (Å²) in [6, 6.07) is 0. The van der Waals surface area contributed by atoms with Crippen molar-refractivity contribution in [1.29, 1.82) is 0 Å². The highest BCUT2D eigenvalue weighted by molar-refractivity contribution is 5.88. The number of hydrogen-bond donors (Lipinski definition) is 0. The maximum atomic E-state index is 12.2. The molecule has 2 aromatic heterocycles. The van der Waals surface area contributed by atoms with Crippen molar-refractivity contribution in [2.24, 2.45) is 5.92 Å².